The number of aromatic carboxylic acids is 1. The van der Waals surface area contributed by atoms with Gasteiger partial charge in [0.25, 0.3) is 0 Å². The van der Waals surface area contributed by atoms with E-state index < -0.39 is 16.0 Å². The Bertz CT molecular complexity index is 727. The van der Waals surface area contributed by atoms with Crippen LogP contribution in [0.25, 0.3) is 0 Å². The van der Waals surface area contributed by atoms with Crippen LogP contribution in [-0.2, 0) is 15.8 Å². The van der Waals surface area contributed by atoms with Crippen LogP contribution < -0.4 is 4.31 Å². The van der Waals surface area contributed by atoms with E-state index >= 15 is 0 Å². The largest absolute Gasteiger partial charge is 0.478 e. The predicted molar refractivity (Wildman–Crippen MR) is 78.7 cm³/mol. The van der Waals surface area contributed by atoms with Crippen molar-refractivity contribution in [2.75, 3.05) is 11.4 Å². The number of carboxylic acid groups (broad SMARTS) is 1. The van der Waals surface area contributed by atoms with Gasteiger partial charge in [0.05, 0.1) is 17.0 Å². The Morgan fingerprint density at radius 1 is 1.14 bits per heavy atom. The Labute approximate surface area is 122 Å². The van der Waals surface area contributed by atoms with Gasteiger partial charge in [0.15, 0.2) is 0 Å². The molecule has 1 aromatic heterocycles. The average molecular weight is 306 g/mol. The lowest BCUT2D eigenvalue weighted by atomic mass is 10.1. The van der Waals surface area contributed by atoms with Crippen molar-refractivity contribution in [2.45, 2.75) is 5.75 Å². The third-order valence-electron chi connectivity index (χ3n) is 2.99. The van der Waals surface area contributed by atoms with Crippen LogP contribution in [-0.4, -0.2) is 31.5 Å². The Morgan fingerprint density at radius 2 is 1.71 bits per heavy atom. The maximum atomic E-state index is 12.3. The fourth-order valence-corrected chi connectivity index (χ4v) is 3.02. The minimum Gasteiger partial charge on any atom is -0.478 e. The Kier molecular flexibility index (Phi) is 4.23. The fraction of sp³-hybridized carbons (Fsp3) is 0.143. The maximum Gasteiger partial charge on any atom is 0.335 e. The van der Waals surface area contributed by atoms with Crippen molar-refractivity contribution in [2.24, 2.45) is 0 Å². The number of hydrogen-bond acceptors (Lipinski definition) is 4. The average Bonchev–Trinajstić information content (AvgIpc) is 2.47. The summed E-state index contributed by atoms with van der Waals surface area (Å²) in [5.74, 6) is -1.25. The highest BCUT2D eigenvalue weighted by molar-refractivity contribution is 7.92. The zero-order valence-corrected chi connectivity index (χ0v) is 12.1. The number of carboxylic acids is 1. The van der Waals surface area contributed by atoms with Crippen molar-refractivity contribution < 1.29 is 18.3 Å². The van der Waals surface area contributed by atoms with Crippen molar-refractivity contribution >= 4 is 21.7 Å². The summed E-state index contributed by atoms with van der Waals surface area (Å²) < 4.78 is 25.8. The van der Waals surface area contributed by atoms with E-state index in [1.807, 2.05) is 0 Å². The first-order chi connectivity index (χ1) is 9.90. The fourth-order valence-electron chi connectivity index (χ4n) is 1.77. The van der Waals surface area contributed by atoms with E-state index in [1.54, 1.807) is 12.1 Å². The number of sulfonamides is 1. The molecular formula is C14H14N2O4S. The lowest BCUT2D eigenvalue weighted by Crippen LogP contribution is -2.27. The van der Waals surface area contributed by atoms with E-state index in [4.69, 9.17) is 5.11 Å². The zero-order valence-electron chi connectivity index (χ0n) is 11.3. The van der Waals surface area contributed by atoms with Crippen LogP contribution in [0.5, 0.6) is 0 Å². The normalized spacial score (nSPS) is 11.1. The van der Waals surface area contributed by atoms with E-state index in [0.717, 1.165) is 0 Å². The number of rotatable bonds is 5. The van der Waals surface area contributed by atoms with E-state index in [0.29, 0.717) is 11.3 Å². The van der Waals surface area contributed by atoms with Gasteiger partial charge < -0.3 is 5.11 Å². The highest BCUT2D eigenvalue weighted by Gasteiger charge is 2.19. The lowest BCUT2D eigenvalue weighted by molar-refractivity contribution is 0.0697. The van der Waals surface area contributed by atoms with Crippen LogP contribution in [0.4, 0.5) is 5.69 Å². The molecule has 0 aliphatic carbocycles. The van der Waals surface area contributed by atoms with Crippen LogP contribution >= 0.6 is 0 Å². The standard InChI is InChI=1S/C14H14N2O4S/c1-16(13-6-8-15-9-7-13)21(19,20)10-11-2-4-12(5-3-11)14(17)18/h2-9H,10H2,1H3,(H,17,18). The van der Waals surface area contributed by atoms with Crippen LogP contribution in [0.2, 0.25) is 0 Å². The van der Waals surface area contributed by atoms with Crippen LogP contribution in [0.1, 0.15) is 15.9 Å². The highest BCUT2D eigenvalue weighted by Crippen LogP contribution is 2.18. The number of carbonyl (C=O) groups is 1. The molecule has 0 fully saturated rings. The third-order valence-corrected chi connectivity index (χ3v) is 4.74. The summed E-state index contributed by atoms with van der Waals surface area (Å²) in [5.41, 5.74) is 1.17. The second-order valence-corrected chi connectivity index (χ2v) is 6.43. The second-order valence-electron chi connectivity index (χ2n) is 4.43. The van der Waals surface area contributed by atoms with Gasteiger partial charge >= 0.3 is 5.97 Å². The molecule has 0 aliphatic heterocycles. The number of anilines is 1. The molecule has 1 N–H and O–H groups in total. The van der Waals surface area contributed by atoms with Crippen molar-refractivity contribution in [1.29, 1.82) is 0 Å². The monoisotopic (exact) mass is 306 g/mol. The summed E-state index contributed by atoms with van der Waals surface area (Å²) in [4.78, 5) is 14.6. The number of aromatic nitrogens is 1. The number of hydrogen-bond donors (Lipinski definition) is 1. The van der Waals surface area contributed by atoms with Gasteiger partial charge in [-0.25, -0.2) is 13.2 Å². The molecule has 0 bridgehead atoms. The summed E-state index contributed by atoms with van der Waals surface area (Å²) >= 11 is 0. The molecule has 0 saturated heterocycles. The summed E-state index contributed by atoms with van der Waals surface area (Å²) in [7, 11) is -2.07. The first-order valence-electron chi connectivity index (χ1n) is 6.09. The van der Waals surface area contributed by atoms with Gasteiger partial charge in [0.2, 0.25) is 10.0 Å². The maximum absolute atomic E-state index is 12.3. The molecule has 0 unspecified atom stereocenters. The first kappa shape index (κ1) is 15.0. The Hall–Kier alpha value is -2.41. The molecule has 0 amide bonds. The van der Waals surface area contributed by atoms with Gasteiger partial charge in [-0.15, -0.1) is 0 Å². The predicted octanol–water partition coefficient (Wildman–Crippen LogP) is 1.75. The Balaban J connectivity index is 2.19. The second kappa shape index (κ2) is 5.92. The molecule has 0 spiro atoms. The molecule has 6 nitrogen and oxygen atoms in total. The molecule has 0 radical (unpaired) electrons. The van der Waals surface area contributed by atoms with E-state index in [-0.39, 0.29) is 11.3 Å². The quantitative estimate of drug-likeness (QED) is 0.909. The molecule has 0 saturated carbocycles. The van der Waals surface area contributed by atoms with Gasteiger partial charge in [-0.05, 0) is 29.8 Å². The van der Waals surface area contributed by atoms with Gasteiger partial charge in [-0.2, -0.15) is 0 Å². The topological polar surface area (TPSA) is 87.6 Å². The van der Waals surface area contributed by atoms with Crippen molar-refractivity contribution in [3.8, 4) is 0 Å². The van der Waals surface area contributed by atoms with E-state index in [1.165, 1.54) is 48.0 Å². The number of nitrogens with zero attached hydrogens (tertiary/aromatic N) is 2. The van der Waals surface area contributed by atoms with Crippen molar-refractivity contribution in [3.63, 3.8) is 0 Å². The third kappa shape index (κ3) is 3.57. The molecule has 1 heterocycles. The first-order valence-corrected chi connectivity index (χ1v) is 7.70. The molecule has 21 heavy (non-hydrogen) atoms. The van der Waals surface area contributed by atoms with Gasteiger partial charge in [-0.3, -0.25) is 9.29 Å². The van der Waals surface area contributed by atoms with Crippen molar-refractivity contribution in [1.82, 2.24) is 4.98 Å². The number of pyridine rings is 1. The minimum absolute atomic E-state index is 0.124. The number of benzene rings is 1. The highest BCUT2D eigenvalue weighted by atomic mass is 32.2. The SMILES string of the molecule is CN(c1ccncc1)S(=O)(=O)Cc1ccc(C(=O)O)cc1. The van der Waals surface area contributed by atoms with E-state index in [2.05, 4.69) is 4.98 Å². The molecular weight excluding hydrogens is 292 g/mol. The lowest BCUT2D eigenvalue weighted by Gasteiger charge is -2.19. The van der Waals surface area contributed by atoms with Crippen LogP contribution in [0.15, 0.2) is 48.8 Å². The molecule has 1 aromatic carbocycles. The van der Waals surface area contributed by atoms with Crippen LogP contribution in [0, 0.1) is 0 Å². The van der Waals surface area contributed by atoms with Gasteiger partial charge in [0, 0.05) is 19.4 Å². The summed E-state index contributed by atoms with van der Waals surface area (Å²) in [5, 5.41) is 8.81. The Morgan fingerprint density at radius 3 is 2.24 bits per heavy atom. The molecule has 110 valence electrons. The zero-order chi connectivity index (χ0) is 15.5. The van der Waals surface area contributed by atoms with Gasteiger partial charge in [0.1, 0.15) is 0 Å². The molecule has 2 aromatic rings. The van der Waals surface area contributed by atoms with E-state index in [9.17, 15) is 13.2 Å². The molecule has 0 atom stereocenters. The summed E-state index contributed by atoms with van der Waals surface area (Å²) in [6.07, 6.45) is 3.03. The molecule has 0 aliphatic rings. The molecule has 2 rings (SSSR count). The van der Waals surface area contributed by atoms with Crippen LogP contribution in [0.3, 0.4) is 0 Å². The summed E-state index contributed by atoms with van der Waals surface area (Å²) in [6, 6.07) is 8.98. The summed E-state index contributed by atoms with van der Waals surface area (Å²) in [6.45, 7) is 0. The minimum atomic E-state index is -3.54. The van der Waals surface area contributed by atoms with Crippen molar-refractivity contribution in [3.05, 3.63) is 59.9 Å². The smallest absolute Gasteiger partial charge is 0.335 e. The molecule has 7 heteroatoms. The van der Waals surface area contributed by atoms with Gasteiger partial charge in [-0.1, -0.05) is 12.1 Å².